The van der Waals surface area contributed by atoms with E-state index in [2.05, 4.69) is 10.6 Å². The van der Waals surface area contributed by atoms with Crippen LogP contribution in [0.5, 0.6) is 5.75 Å². The molecule has 0 saturated heterocycles. The summed E-state index contributed by atoms with van der Waals surface area (Å²) >= 11 is 0. The van der Waals surface area contributed by atoms with Gasteiger partial charge in [-0.05, 0) is 51.8 Å². The van der Waals surface area contributed by atoms with Crippen LogP contribution < -0.4 is 10.6 Å². The zero-order valence-electron chi connectivity index (χ0n) is 20.9. The number of phenols is 1. The summed E-state index contributed by atoms with van der Waals surface area (Å²) in [6.45, 7) is 8.13. The van der Waals surface area contributed by atoms with E-state index in [4.69, 9.17) is 4.74 Å². The van der Waals surface area contributed by atoms with E-state index < -0.39 is 42.2 Å². The number of nitrogens with one attached hydrogen (secondary N) is 2. The molecule has 2 unspecified atom stereocenters. The van der Waals surface area contributed by atoms with Crippen LogP contribution in [0.4, 0.5) is 10.5 Å². The number of amides is 3. The Hall–Kier alpha value is -3.59. The molecule has 2 rings (SSSR count). The lowest BCUT2D eigenvalue weighted by molar-refractivity contribution is -0.141. The third-order valence-corrected chi connectivity index (χ3v) is 5.11. The van der Waals surface area contributed by atoms with Gasteiger partial charge in [0.05, 0.1) is 6.61 Å². The van der Waals surface area contributed by atoms with E-state index >= 15 is 0 Å². The van der Waals surface area contributed by atoms with E-state index in [-0.39, 0.29) is 17.9 Å². The molecule has 2 aromatic carbocycles. The van der Waals surface area contributed by atoms with Crippen LogP contribution in [0, 0.1) is 6.92 Å². The molecular weight excluding hydrogens is 450 g/mol. The zero-order chi connectivity index (χ0) is 26.2. The molecule has 2 aromatic rings. The number of benzene rings is 2. The lowest BCUT2D eigenvalue weighted by Gasteiger charge is -2.34. The van der Waals surface area contributed by atoms with Crippen LogP contribution >= 0.6 is 0 Å². The number of carbonyl (C=O) groups excluding carboxylic acids is 3. The predicted molar refractivity (Wildman–Crippen MR) is 133 cm³/mol. The van der Waals surface area contributed by atoms with E-state index in [0.717, 1.165) is 5.56 Å². The molecule has 2 atom stereocenters. The average Bonchev–Trinajstić information content (AvgIpc) is 2.78. The van der Waals surface area contributed by atoms with E-state index in [1.807, 2.05) is 26.0 Å². The molecule has 4 N–H and O–H groups in total. The summed E-state index contributed by atoms with van der Waals surface area (Å²) in [5, 5.41) is 25.7. The lowest BCUT2D eigenvalue weighted by atomic mass is 10.0. The van der Waals surface area contributed by atoms with E-state index in [1.54, 1.807) is 51.1 Å². The van der Waals surface area contributed by atoms with Crippen molar-refractivity contribution in [1.82, 2.24) is 10.2 Å². The highest BCUT2D eigenvalue weighted by Gasteiger charge is 2.37. The molecule has 0 aliphatic carbocycles. The Morgan fingerprint density at radius 1 is 1.06 bits per heavy atom. The van der Waals surface area contributed by atoms with Crippen LogP contribution in [0.1, 0.15) is 51.3 Å². The fourth-order valence-electron chi connectivity index (χ4n) is 3.53. The van der Waals surface area contributed by atoms with Gasteiger partial charge < -0.3 is 30.5 Å². The first-order chi connectivity index (χ1) is 16.5. The van der Waals surface area contributed by atoms with Crippen molar-refractivity contribution in [3.63, 3.8) is 0 Å². The number of para-hydroxylation sites is 2. The minimum Gasteiger partial charge on any atom is -0.508 e. The Kier molecular flexibility index (Phi) is 9.65. The van der Waals surface area contributed by atoms with Crippen molar-refractivity contribution < 1.29 is 29.3 Å². The first-order valence-corrected chi connectivity index (χ1v) is 11.5. The molecule has 0 aliphatic heterocycles. The van der Waals surface area contributed by atoms with Crippen molar-refractivity contribution >= 4 is 23.6 Å². The first kappa shape index (κ1) is 27.7. The molecule has 0 bridgehead atoms. The van der Waals surface area contributed by atoms with Crippen LogP contribution in [0.2, 0.25) is 0 Å². The maximum absolute atomic E-state index is 13.6. The van der Waals surface area contributed by atoms with Crippen LogP contribution in [-0.2, 0) is 14.3 Å². The molecule has 0 radical (unpaired) electrons. The summed E-state index contributed by atoms with van der Waals surface area (Å²) in [6, 6.07) is 10.9. The lowest BCUT2D eigenvalue weighted by Crippen LogP contribution is -2.54. The van der Waals surface area contributed by atoms with Gasteiger partial charge in [0, 0.05) is 17.8 Å². The van der Waals surface area contributed by atoms with E-state index in [1.165, 1.54) is 11.0 Å². The maximum atomic E-state index is 13.6. The minimum atomic E-state index is -1.35. The van der Waals surface area contributed by atoms with Crippen molar-refractivity contribution in [3.05, 3.63) is 59.7 Å². The molecule has 190 valence electrons. The van der Waals surface area contributed by atoms with Crippen molar-refractivity contribution in [3.8, 4) is 5.75 Å². The van der Waals surface area contributed by atoms with Crippen LogP contribution in [0.3, 0.4) is 0 Å². The Bertz CT molecular complexity index is 1030. The van der Waals surface area contributed by atoms with Gasteiger partial charge in [0.2, 0.25) is 5.91 Å². The molecule has 0 aliphatic rings. The molecule has 0 aromatic heterocycles. The summed E-state index contributed by atoms with van der Waals surface area (Å²) in [7, 11) is 0. The quantitative estimate of drug-likeness (QED) is 0.430. The number of ether oxygens (including phenoxy) is 1. The third kappa shape index (κ3) is 7.71. The molecular formula is C26H35N3O6. The molecule has 0 heterocycles. The number of anilines is 1. The topological polar surface area (TPSA) is 128 Å². The number of hydrogen-bond donors (Lipinski definition) is 4. The van der Waals surface area contributed by atoms with Gasteiger partial charge in [-0.15, -0.1) is 0 Å². The number of rotatable bonds is 9. The Labute approximate surface area is 206 Å². The van der Waals surface area contributed by atoms with Crippen molar-refractivity contribution in [2.24, 2.45) is 0 Å². The van der Waals surface area contributed by atoms with Crippen LogP contribution in [-0.4, -0.2) is 57.8 Å². The summed E-state index contributed by atoms with van der Waals surface area (Å²) in [5.41, 5.74) is 0.800. The van der Waals surface area contributed by atoms with Crippen molar-refractivity contribution in [2.75, 3.05) is 18.5 Å². The van der Waals surface area contributed by atoms with Gasteiger partial charge in [-0.2, -0.15) is 0 Å². The largest absolute Gasteiger partial charge is 0.508 e. The van der Waals surface area contributed by atoms with Gasteiger partial charge >= 0.3 is 6.09 Å². The maximum Gasteiger partial charge on any atom is 0.408 e. The SMILES string of the molecule is CCCN(C(=O)C(CO)NC(=O)OC(C)(C)C)C(C(=O)Nc1ccccc1C)c1ccccc1O. The average molecular weight is 486 g/mol. The highest BCUT2D eigenvalue weighted by Crippen LogP contribution is 2.31. The summed E-state index contributed by atoms with van der Waals surface area (Å²) in [4.78, 5) is 40.7. The predicted octanol–water partition coefficient (Wildman–Crippen LogP) is 3.50. The Balaban J connectivity index is 2.45. The van der Waals surface area contributed by atoms with Gasteiger partial charge in [0.15, 0.2) is 0 Å². The Morgan fingerprint density at radius 2 is 1.69 bits per heavy atom. The second kappa shape index (κ2) is 12.2. The molecule has 9 heteroatoms. The normalized spacial score (nSPS) is 12.9. The van der Waals surface area contributed by atoms with Gasteiger partial charge in [0.1, 0.15) is 23.4 Å². The number of aliphatic hydroxyl groups is 1. The second-order valence-corrected chi connectivity index (χ2v) is 9.18. The second-order valence-electron chi connectivity index (χ2n) is 9.18. The molecule has 0 saturated carbocycles. The van der Waals surface area contributed by atoms with Crippen molar-refractivity contribution in [2.45, 2.75) is 58.7 Å². The number of aryl methyl sites for hydroxylation is 1. The number of hydrogen-bond acceptors (Lipinski definition) is 6. The van der Waals surface area contributed by atoms with Gasteiger partial charge in [-0.25, -0.2) is 4.79 Å². The fraction of sp³-hybridized carbons (Fsp3) is 0.423. The number of aromatic hydroxyl groups is 1. The van der Waals surface area contributed by atoms with Gasteiger partial charge in [-0.1, -0.05) is 43.3 Å². The molecule has 0 fully saturated rings. The number of nitrogens with zero attached hydrogens (tertiary/aromatic N) is 1. The standard InChI is InChI=1S/C26H35N3O6/c1-6-15-29(24(33)20(16-30)28-25(34)35-26(3,4)5)22(18-12-8-10-14-21(18)31)23(32)27-19-13-9-7-11-17(19)2/h7-14,20,22,30-31H,6,15-16H2,1-5H3,(H,27,32)(H,28,34). The third-order valence-electron chi connectivity index (χ3n) is 5.11. The van der Waals surface area contributed by atoms with E-state index in [9.17, 15) is 24.6 Å². The summed E-state index contributed by atoms with van der Waals surface area (Å²) in [6.07, 6.45) is -0.386. The van der Waals surface area contributed by atoms with Gasteiger partial charge in [-0.3, -0.25) is 9.59 Å². The van der Waals surface area contributed by atoms with Crippen LogP contribution in [0.15, 0.2) is 48.5 Å². The smallest absolute Gasteiger partial charge is 0.408 e. The molecule has 0 spiro atoms. The zero-order valence-corrected chi connectivity index (χ0v) is 20.9. The highest BCUT2D eigenvalue weighted by atomic mass is 16.6. The number of phenolic OH excluding ortho intramolecular Hbond substituents is 1. The number of carbonyl (C=O) groups is 3. The summed E-state index contributed by atoms with van der Waals surface area (Å²) < 4.78 is 5.21. The Morgan fingerprint density at radius 3 is 2.26 bits per heavy atom. The molecule has 3 amide bonds. The monoisotopic (exact) mass is 485 g/mol. The minimum absolute atomic E-state index is 0.130. The fourth-order valence-corrected chi connectivity index (χ4v) is 3.53. The van der Waals surface area contributed by atoms with Gasteiger partial charge in [0.25, 0.3) is 5.91 Å². The highest BCUT2D eigenvalue weighted by molar-refractivity contribution is 5.99. The summed E-state index contributed by atoms with van der Waals surface area (Å²) in [5.74, 6) is -1.39. The number of aliphatic hydroxyl groups excluding tert-OH is 1. The van der Waals surface area contributed by atoms with Crippen LogP contribution in [0.25, 0.3) is 0 Å². The van der Waals surface area contributed by atoms with E-state index in [0.29, 0.717) is 12.1 Å². The molecule has 35 heavy (non-hydrogen) atoms. The number of alkyl carbamates (subject to hydrolysis) is 1. The molecule has 9 nitrogen and oxygen atoms in total. The van der Waals surface area contributed by atoms with Crippen molar-refractivity contribution in [1.29, 1.82) is 0 Å². The first-order valence-electron chi connectivity index (χ1n) is 11.5.